The van der Waals surface area contributed by atoms with Crippen LogP contribution in [0.3, 0.4) is 0 Å². The van der Waals surface area contributed by atoms with Crippen molar-refractivity contribution >= 4 is 34.2 Å². The van der Waals surface area contributed by atoms with E-state index < -0.39 is 0 Å². The number of hydrogen-bond donors (Lipinski definition) is 3. The average Bonchev–Trinajstić information content (AvgIpc) is 2.18. The third-order valence-corrected chi connectivity index (χ3v) is 1.96. The minimum absolute atomic E-state index is 0.00809. The van der Waals surface area contributed by atoms with Crippen molar-refractivity contribution in [3.05, 3.63) is 40.4 Å². The Morgan fingerprint density at radius 2 is 1.93 bits per heavy atom. The fourth-order valence-electron chi connectivity index (χ4n) is 0.919. The van der Waals surface area contributed by atoms with E-state index >= 15 is 0 Å². The second-order valence-corrected chi connectivity index (χ2v) is 3.67. The summed E-state index contributed by atoms with van der Waals surface area (Å²) in [5.74, 6) is -0.00809. The molecule has 0 bridgehead atoms. The lowest BCUT2D eigenvalue weighted by Crippen LogP contribution is -2.63. The van der Waals surface area contributed by atoms with Gasteiger partial charge < -0.3 is 11.5 Å². The second kappa shape index (κ2) is 5.98. The second-order valence-electron chi connectivity index (χ2n) is 2.75. The minimum Gasteiger partial charge on any atom is -0.365 e. The van der Waals surface area contributed by atoms with E-state index in [1.165, 1.54) is 0 Å². The number of nitrogens with one attached hydrogen (secondary N) is 1. The van der Waals surface area contributed by atoms with Crippen LogP contribution in [0.4, 0.5) is 0 Å². The van der Waals surface area contributed by atoms with Crippen LogP contribution in [-0.2, 0) is 0 Å². The Balaban J connectivity index is 2.69. The summed E-state index contributed by atoms with van der Waals surface area (Å²) >= 11 is 3.36. The largest absolute Gasteiger partial charge is 0.365 e. The Labute approximate surface area is 96.5 Å². The molecule has 1 aromatic carbocycles. The molecule has 0 atom stereocenters. The van der Waals surface area contributed by atoms with Crippen molar-refractivity contribution in [2.45, 2.75) is 0 Å². The zero-order valence-corrected chi connectivity index (χ0v) is 9.61. The summed E-state index contributed by atoms with van der Waals surface area (Å²) in [7, 11) is 0. The molecule has 0 heterocycles. The average molecular weight is 268 g/mol. The first kappa shape index (κ1) is 11.5. The van der Waals surface area contributed by atoms with Gasteiger partial charge in [-0.15, -0.1) is 5.10 Å². The summed E-state index contributed by atoms with van der Waals surface area (Å²) in [5, 5.41) is 6.20. The first-order chi connectivity index (χ1) is 7.18. The maximum Gasteiger partial charge on any atom is 0.256 e. The van der Waals surface area contributed by atoms with Crippen LogP contribution in [-0.4, -0.2) is 12.2 Å². The van der Waals surface area contributed by atoms with Gasteiger partial charge in [-0.1, -0.05) is 30.3 Å². The lowest BCUT2D eigenvalue weighted by molar-refractivity contribution is -0.456. The molecule has 4 nitrogen and oxygen atoms in total. The van der Waals surface area contributed by atoms with E-state index in [2.05, 4.69) is 26.1 Å². The molecule has 0 unspecified atom stereocenters. The van der Waals surface area contributed by atoms with Crippen molar-refractivity contribution < 1.29 is 5.10 Å². The number of halogens is 1. The Bertz CT molecular complexity index is 391. The van der Waals surface area contributed by atoms with Gasteiger partial charge in [0.25, 0.3) is 5.96 Å². The third-order valence-electron chi connectivity index (χ3n) is 1.50. The van der Waals surface area contributed by atoms with Crippen molar-refractivity contribution in [1.82, 2.24) is 0 Å². The van der Waals surface area contributed by atoms with Gasteiger partial charge in [0.05, 0.1) is 4.48 Å². The van der Waals surface area contributed by atoms with E-state index in [1.54, 1.807) is 6.21 Å². The number of nitrogens with zero attached hydrogens (tertiary/aromatic N) is 1. The molecule has 0 amide bonds. The number of hydrogen-bond acceptors (Lipinski definition) is 1. The van der Waals surface area contributed by atoms with Crippen molar-refractivity contribution in [1.29, 1.82) is 0 Å². The number of nitrogens with two attached hydrogens (primary N) is 2. The highest BCUT2D eigenvalue weighted by Gasteiger charge is 1.91. The molecule has 5 N–H and O–H groups in total. The molecule has 0 fully saturated rings. The first-order valence-corrected chi connectivity index (χ1v) is 5.07. The van der Waals surface area contributed by atoms with Gasteiger partial charge in [0, 0.05) is 5.10 Å². The normalized spacial score (nSPS) is 11.7. The molecular formula is C10H12BrN4+. The summed E-state index contributed by atoms with van der Waals surface area (Å²) in [6.45, 7) is 0. The van der Waals surface area contributed by atoms with Crippen LogP contribution in [0.15, 0.2) is 39.9 Å². The summed E-state index contributed by atoms with van der Waals surface area (Å²) in [6.07, 6.45) is 3.59. The van der Waals surface area contributed by atoms with Crippen molar-refractivity contribution in [3.63, 3.8) is 0 Å². The molecule has 0 aliphatic heterocycles. The highest BCUT2D eigenvalue weighted by molar-refractivity contribution is 9.12. The van der Waals surface area contributed by atoms with Crippen LogP contribution in [0.1, 0.15) is 5.56 Å². The van der Waals surface area contributed by atoms with Crippen molar-refractivity contribution in [2.24, 2.45) is 16.6 Å². The topological polar surface area (TPSA) is 78.4 Å². The van der Waals surface area contributed by atoms with E-state index in [-0.39, 0.29) is 5.96 Å². The van der Waals surface area contributed by atoms with Crippen LogP contribution in [0.25, 0.3) is 6.08 Å². The zero-order valence-electron chi connectivity index (χ0n) is 8.02. The Morgan fingerprint density at radius 1 is 1.27 bits per heavy atom. The van der Waals surface area contributed by atoms with Gasteiger partial charge in [0.2, 0.25) is 6.21 Å². The fourth-order valence-corrected chi connectivity index (χ4v) is 1.29. The van der Waals surface area contributed by atoms with Crippen LogP contribution < -0.4 is 16.6 Å². The maximum atomic E-state index is 5.14. The summed E-state index contributed by atoms with van der Waals surface area (Å²) < 4.78 is 0.846. The van der Waals surface area contributed by atoms with Crippen molar-refractivity contribution in [3.8, 4) is 0 Å². The van der Waals surface area contributed by atoms with E-state index in [0.717, 1.165) is 10.0 Å². The van der Waals surface area contributed by atoms with Crippen LogP contribution in [0, 0.1) is 0 Å². The summed E-state index contributed by atoms with van der Waals surface area (Å²) in [6, 6.07) is 9.89. The Kier molecular flexibility index (Phi) is 4.56. The quantitative estimate of drug-likeness (QED) is 0.402. The summed E-state index contributed by atoms with van der Waals surface area (Å²) in [5.41, 5.74) is 11.4. The minimum atomic E-state index is -0.00809. The molecule has 15 heavy (non-hydrogen) atoms. The molecule has 0 saturated heterocycles. The van der Waals surface area contributed by atoms with E-state index in [9.17, 15) is 0 Å². The number of rotatable bonds is 3. The maximum absolute atomic E-state index is 5.14. The Morgan fingerprint density at radius 3 is 2.53 bits per heavy atom. The van der Waals surface area contributed by atoms with Gasteiger partial charge in [0.1, 0.15) is 0 Å². The molecule has 0 radical (unpaired) electrons. The molecule has 78 valence electrons. The van der Waals surface area contributed by atoms with Gasteiger partial charge in [-0.05, 0) is 27.6 Å². The predicted molar refractivity (Wildman–Crippen MR) is 66.2 cm³/mol. The molecule has 0 aliphatic rings. The predicted octanol–water partition coefficient (Wildman–Crippen LogP) is -0.238. The SMILES string of the molecule is NC(N)=N/[NH+]=C/C(Br)=C/c1ccccc1. The van der Waals surface area contributed by atoms with Gasteiger partial charge in [-0.3, -0.25) is 0 Å². The third kappa shape index (κ3) is 4.97. The lowest BCUT2D eigenvalue weighted by Gasteiger charge is -1.89. The lowest BCUT2D eigenvalue weighted by atomic mass is 10.2. The number of guanidine groups is 1. The fraction of sp³-hybridized carbons (Fsp3) is 0. The molecular weight excluding hydrogens is 256 g/mol. The highest BCUT2D eigenvalue weighted by Crippen LogP contribution is 2.08. The molecule has 0 spiro atoms. The van der Waals surface area contributed by atoms with E-state index in [4.69, 9.17) is 11.5 Å². The molecule has 0 aromatic heterocycles. The Hall–Kier alpha value is -1.62. The van der Waals surface area contributed by atoms with Gasteiger partial charge in [0.15, 0.2) is 0 Å². The molecule has 1 rings (SSSR count). The summed E-state index contributed by atoms with van der Waals surface area (Å²) in [4.78, 5) is 0. The smallest absolute Gasteiger partial charge is 0.256 e. The van der Waals surface area contributed by atoms with E-state index in [1.807, 2.05) is 36.4 Å². The molecule has 5 heteroatoms. The van der Waals surface area contributed by atoms with Crippen LogP contribution in [0.2, 0.25) is 0 Å². The number of benzene rings is 1. The molecule has 0 aliphatic carbocycles. The number of hydrazone groups is 1. The van der Waals surface area contributed by atoms with Crippen LogP contribution in [0.5, 0.6) is 0 Å². The zero-order chi connectivity index (χ0) is 11.1. The standard InChI is InChI=1S/C10H11BrN4/c11-9(7-14-15-10(12)13)6-8-4-2-1-3-5-8/h1-7H,(H4,12,13,15)/p+1/b9-6-,14-7+. The monoisotopic (exact) mass is 267 g/mol. The highest BCUT2D eigenvalue weighted by atomic mass is 79.9. The van der Waals surface area contributed by atoms with Gasteiger partial charge in [-0.25, -0.2) is 0 Å². The van der Waals surface area contributed by atoms with Gasteiger partial charge >= 0.3 is 0 Å². The van der Waals surface area contributed by atoms with Crippen molar-refractivity contribution in [2.75, 3.05) is 0 Å². The van der Waals surface area contributed by atoms with Gasteiger partial charge in [-0.2, -0.15) is 0 Å². The van der Waals surface area contributed by atoms with Crippen LogP contribution >= 0.6 is 15.9 Å². The first-order valence-electron chi connectivity index (χ1n) is 4.28. The van der Waals surface area contributed by atoms with E-state index in [0.29, 0.717) is 0 Å². The number of allylic oxidation sites excluding steroid dienone is 1. The molecule has 1 aromatic rings. The molecule has 0 saturated carbocycles.